The molecule has 0 bridgehead atoms. The third kappa shape index (κ3) is 2.45. The molecule has 0 saturated heterocycles. The number of rotatable bonds is 4. The van der Waals surface area contributed by atoms with Gasteiger partial charge in [-0.1, -0.05) is 6.92 Å². The van der Waals surface area contributed by atoms with E-state index in [0.717, 1.165) is 27.9 Å². The summed E-state index contributed by atoms with van der Waals surface area (Å²) in [6, 6.07) is 6.15. The molecule has 0 amide bonds. The first-order valence-corrected chi connectivity index (χ1v) is 7.76. The van der Waals surface area contributed by atoms with E-state index in [1.807, 2.05) is 18.3 Å². The summed E-state index contributed by atoms with van der Waals surface area (Å²) in [4.78, 5) is 4.50. The van der Waals surface area contributed by atoms with Gasteiger partial charge in [0.05, 0.1) is 27.0 Å². The summed E-state index contributed by atoms with van der Waals surface area (Å²) in [5, 5.41) is 5.50. The Morgan fingerprint density at radius 2 is 2.37 bits per heavy atom. The van der Waals surface area contributed by atoms with E-state index in [-0.39, 0.29) is 6.04 Å². The summed E-state index contributed by atoms with van der Waals surface area (Å²) in [5.41, 5.74) is 2.16. The Morgan fingerprint density at radius 3 is 3.11 bits per heavy atom. The Labute approximate surface area is 123 Å². The van der Waals surface area contributed by atoms with Gasteiger partial charge in [0.15, 0.2) is 0 Å². The number of thiophene rings is 1. The molecule has 98 valence electrons. The predicted octanol–water partition coefficient (Wildman–Crippen LogP) is 4.35. The minimum Gasteiger partial charge on any atom is -0.466 e. The Balaban J connectivity index is 2.06. The fraction of sp³-hybridized carbons (Fsp3) is 0.214. The van der Waals surface area contributed by atoms with Crippen LogP contribution in [0.5, 0.6) is 0 Å². The number of furan rings is 1. The average Bonchev–Trinajstić information content (AvgIpc) is 3.03. The van der Waals surface area contributed by atoms with E-state index in [4.69, 9.17) is 4.42 Å². The molecule has 0 aromatic carbocycles. The Kier molecular flexibility index (Phi) is 3.68. The molecule has 1 N–H and O–H groups in total. The van der Waals surface area contributed by atoms with Crippen LogP contribution in [0, 0.1) is 0 Å². The van der Waals surface area contributed by atoms with Gasteiger partial charge in [0, 0.05) is 6.20 Å². The Bertz CT molecular complexity index is 691. The molecule has 3 heterocycles. The molecular formula is C14H13BrN2OS. The van der Waals surface area contributed by atoms with E-state index in [1.165, 1.54) is 4.70 Å². The zero-order valence-electron chi connectivity index (χ0n) is 10.4. The van der Waals surface area contributed by atoms with E-state index < -0.39 is 0 Å². The minimum atomic E-state index is 0.0216. The second-order valence-electron chi connectivity index (χ2n) is 4.20. The lowest BCUT2D eigenvalue weighted by Crippen LogP contribution is -2.22. The van der Waals surface area contributed by atoms with Crippen molar-refractivity contribution in [2.75, 3.05) is 6.54 Å². The molecule has 3 aromatic rings. The summed E-state index contributed by atoms with van der Waals surface area (Å²) in [7, 11) is 0. The molecule has 3 aromatic heterocycles. The lowest BCUT2D eigenvalue weighted by molar-refractivity contribution is 0.449. The van der Waals surface area contributed by atoms with Crippen LogP contribution in [-0.4, -0.2) is 11.5 Å². The molecule has 0 aliphatic rings. The fourth-order valence-electron chi connectivity index (χ4n) is 2.10. The summed E-state index contributed by atoms with van der Waals surface area (Å²) in [6.07, 6.45) is 3.61. The van der Waals surface area contributed by atoms with Crippen LogP contribution in [0.2, 0.25) is 0 Å². The maximum Gasteiger partial charge on any atom is 0.139 e. The molecule has 19 heavy (non-hydrogen) atoms. The van der Waals surface area contributed by atoms with Gasteiger partial charge in [0.2, 0.25) is 0 Å². The Morgan fingerprint density at radius 1 is 1.47 bits per heavy atom. The monoisotopic (exact) mass is 336 g/mol. The second kappa shape index (κ2) is 5.45. The smallest absolute Gasteiger partial charge is 0.139 e. The molecule has 0 aliphatic carbocycles. The van der Waals surface area contributed by atoms with E-state index in [1.54, 1.807) is 17.6 Å². The quantitative estimate of drug-likeness (QED) is 0.769. The van der Waals surface area contributed by atoms with Crippen LogP contribution in [0.4, 0.5) is 0 Å². The van der Waals surface area contributed by atoms with Gasteiger partial charge in [-0.05, 0) is 51.6 Å². The highest BCUT2D eigenvalue weighted by Crippen LogP contribution is 2.31. The molecule has 3 nitrogen and oxygen atoms in total. The van der Waals surface area contributed by atoms with Crippen molar-refractivity contribution in [3.8, 4) is 0 Å². The summed E-state index contributed by atoms with van der Waals surface area (Å²) >= 11 is 5.23. The highest BCUT2D eigenvalue weighted by atomic mass is 79.9. The van der Waals surface area contributed by atoms with Crippen LogP contribution in [-0.2, 0) is 0 Å². The van der Waals surface area contributed by atoms with Gasteiger partial charge in [-0.15, -0.1) is 11.3 Å². The van der Waals surface area contributed by atoms with Crippen LogP contribution in [0.25, 0.3) is 10.2 Å². The lowest BCUT2D eigenvalue weighted by Gasteiger charge is -2.16. The van der Waals surface area contributed by atoms with E-state index in [0.29, 0.717) is 0 Å². The molecule has 0 spiro atoms. The number of nitrogens with one attached hydrogen (secondary N) is 1. The highest BCUT2D eigenvalue weighted by Gasteiger charge is 2.20. The minimum absolute atomic E-state index is 0.0216. The van der Waals surface area contributed by atoms with E-state index in [9.17, 15) is 0 Å². The van der Waals surface area contributed by atoms with Crippen LogP contribution >= 0.6 is 27.3 Å². The molecule has 0 aliphatic heterocycles. The molecule has 1 unspecified atom stereocenters. The molecule has 0 fully saturated rings. The van der Waals surface area contributed by atoms with Crippen molar-refractivity contribution >= 4 is 37.5 Å². The maximum absolute atomic E-state index is 5.59. The van der Waals surface area contributed by atoms with E-state index >= 15 is 0 Å². The SMILES string of the molecule is CCNC(c1cnc2ccsc2c1)c1occc1Br. The highest BCUT2D eigenvalue weighted by molar-refractivity contribution is 9.10. The normalized spacial score (nSPS) is 12.9. The number of fused-ring (bicyclic) bond motifs is 1. The van der Waals surface area contributed by atoms with Crippen LogP contribution in [0.3, 0.4) is 0 Å². The van der Waals surface area contributed by atoms with Crippen molar-refractivity contribution in [1.82, 2.24) is 10.3 Å². The number of aromatic nitrogens is 1. The summed E-state index contributed by atoms with van der Waals surface area (Å²) in [5.74, 6) is 0.888. The van der Waals surface area contributed by atoms with Gasteiger partial charge >= 0.3 is 0 Å². The van der Waals surface area contributed by atoms with Crippen molar-refractivity contribution in [3.05, 3.63) is 51.8 Å². The van der Waals surface area contributed by atoms with Crippen molar-refractivity contribution in [2.45, 2.75) is 13.0 Å². The van der Waals surface area contributed by atoms with Crippen LogP contribution in [0.15, 0.2) is 44.9 Å². The number of hydrogen-bond donors (Lipinski definition) is 1. The zero-order valence-corrected chi connectivity index (χ0v) is 12.8. The fourth-order valence-corrected chi connectivity index (χ4v) is 3.32. The first-order valence-electron chi connectivity index (χ1n) is 6.09. The van der Waals surface area contributed by atoms with E-state index in [2.05, 4.69) is 44.6 Å². The molecule has 3 rings (SSSR count). The number of hydrogen-bond acceptors (Lipinski definition) is 4. The van der Waals surface area contributed by atoms with Crippen LogP contribution in [0.1, 0.15) is 24.3 Å². The third-order valence-corrected chi connectivity index (χ3v) is 4.48. The second-order valence-corrected chi connectivity index (χ2v) is 6.00. The number of halogens is 1. The van der Waals surface area contributed by atoms with Gasteiger partial charge in [0.25, 0.3) is 0 Å². The molecule has 0 radical (unpaired) electrons. The topological polar surface area (TPSA) is 38.1 Å². The molecule has 1 atom stereocenters. The van der Waals surface area contributed by atoms with Crippen molar-refractivity contribution in [1.29, 1.82) is 0 Å². The molecular weight excluding hydrogens is 324 g/mol. The van der Waals surface area contributed by atoms with Gasteiger partial charge in [-0.2, -0.15) is 0 Å². The third-order valence-electron chi connectivity index (χ3n) is 2.97. The van der Waals surface area contributed by atoms with Crippen LogP contribution < -0.4 is 5.32 Å². The maximum atomic E-state index is 5.59. The molecule has 5 heteroatoms. The van der Waals surface area contributed by atoms with Gasteiger partial charge in [0.1, 0.15) is 5.76 Å². The van der Waals surface area contributed by atoms with Crippen molar-refractivity contribution in [3.63, 3.8) is 0 Å². The standard InChI is InChI=1S/C14H13BrN2OS/c1-2-16-13(14-10(15)3-5-18-14)9-7-12-11(17-8-9)4-6-19-12/h3-8,13,16H,2H2,1H3. The predicted molar refractivity (Wildman–Crippen MR) is 81.5 cm³/mol. The van der Waals surface area contributed by atoms with Gasteiger partial charge in [-0.3, -0.25) is 4.98 Å². The Hall–Kier alpha value is -1.17. The first kappa shape index (κ1) is 12.8. The van der Waals surface area contributed by atoms with Crippen molar-refractivity contribution in [2.24, 2.45) is 0 Å². The average molecular weight is 337 g/mol. The lowest BCUT2D eigenvalue weighted by atomic mass is 10.1. The summed E-state index contributed by atoms with van der Waals surface area (Å²) < 4.78 is 7.77. The summed E-state index contributed by atoms with van der Waals surface area (Å²) in [6.45, 7) is 2.95. The zero-order chi connectivity index (χ0) is 13.2. The number of pyridine rings is 1. The largest absolute Gasteiger partial charge is 0.466 e. The number of nitrogens with zero attached hydrogens (tertiary/aromatic N) is 1. The van der Waals surface area contributed by atoms with Gasteiger partial charge < -0.3 is 9.73 Å². The van der Waals surface area contributed by atoms with Crippen molar-refractivity contribution < 1.29 is 4.42 Å². The molecule has 0 saturated carbocycles. The van der Waals surface area contributed by atoms with Gasteiger partial charge in [-0.25, -0.2) is 0 Å². The first-order chi connectivity index (χ1) is 9.29.